The van der Waals surface area contributed by atoms with E-state index < -0.39 is 0 Å². The number of nitrogens with one attached hydrogen (secondary N) is 1. The molecule has 7 heteroatoms. The van der Waals surface area contributed by atoms with Crippen molar-refractivity contribution < 1.29 is 9.53 Å². The van der Waals surface area contributed by atoms with Crippen LogP contribution in [0.4, 0.5) is 0 Å². The third-order valence-electron chi connectivity index (χ3n) is 8.31. The van der Waals surface area contributed by atoms with Gasteiger partial charge in [0, 0.05) is 63.7 Å². The molecule has 5 rings (SSSR count). The van der Waals surface area contributed by atoms with Crippen LogP contribution in [0.15, 0.2) is 4.79 Å². The molecule has 2 saturated heterocycles. The van der Waals surface area contributed by atoms with Gasteiger partial charge in [0.25, 0.3) is 5.56 Å². The zero-order chi connectivity index (χ0) is 22.1. The van der Waals surface area contributed by atoms with Gasteiger partial charge in [-0.2, -0.15) is 0 Å². The molecule has 0 unspecified atom stereocenters. The van der Waals surface area contributed by atoms with Crippen LogP contribution in [-0.2, 0) is 22.5 Å². The standard InChI is InChI=1S/C25H38N4O3/c1-17-4-6-20(7-5-17)28-12-8-22-21(16-28)24(30)27-23(26-22)19-3-2-11-29(15-19)25(31)18-9-13-32-14-10-18/h17-20H,2-16H2,1H3,(H,26,27,30)/t17?,19-,20?/m1/s1. The first-order chi connectivity index (χ1) is 15.6. The van der Waals surface area contributed by atoms with Crippen LogP contribution in [0.1, 0.15) is 81.3 Å². The van der Waals surface area contributed by atoms with Crippen LogP contribution in [0.5, 0.6) is 0 Å². The first-order valence-electron chi connectivity index (χ1n) is 12.8. The van der Waals surface area contributed by atoms with Crippen LogP contribution in [0, 0.1) is 11.8 Å². The lowest BCUT2D eigenvalue weighted by atomic mass is 9.86. The average molecular weight is 443 g/mol. The Morgan fingerprint density at radius 3 is 2.62 bits per heavy atom. The maximum atomic E-state index is 13.1. The number of carbonyl (C=O) groups is 1. The first kappa shape index (κ1) is 22.1. The number of ether oxygens (including phenoxy) is 1. The zero-order valence-corrected chi connectivity index (χ0v) is 19.5. The van der Waals surface area contributed by atoms with E-state index >= 15 is 0 Å². The number of likely N-dealkylation sites (tertiary alicyclic amines) is 1. The van der Waals surface area contributed by atoms with Gasteiger partial charge in [-0.15, -0.1) is 0 Å². The summed E-state index contributed by atoms with van der Waals surface area (Å²) in [7, 11) is 0. The van der Waals surface area contributed by atoms with Gasteiger partial charge in [0.1, 0.15) is 5.82 Å². The van der Waals surface area contributed by atoms with E-state index in [2.05, 4.69) is 16.8 Å². The molecule has 7 nitrogen and oxygen atoms in total. The Labute approximate surface area is 190 Å². The predicted molar refractivity (Wildman–Crippen MR) is 122 cm³/mol. The molecule has 0 bridgehead atoms. The van der Waals surface area contributed by atoms with Crippen molar-refractivity contribution in [1.82, 2.24) is 19.8 Å². The normalized spacial score (nSPS) is 30.2. The third kappa shape index (κ3) is 4.65. The fourth-order valence-corrected chi connectivity index (χ4v) is 6.18. The number of piperidine rings is 1. The van der Waals surface area contributed by atoms with Crippen LogP contribution < -0.4 is 5.56 Å². The number of H-pyrrole nitrogens is 1. The molecule has 1 amide bonds. The minimum Gasteiger partial charge on any atom is -0.381 e. The molecule has 4 heterocycles. The highest BCUT2D eigenvalue weighted by atomic mass is 16.5. The van der Waals surface area contributed by atoms with Crippen molar-refractivity contribution in [2.45, 2.75) is 83.2 Å². The van der Waals surface area contributed by atoms with Crippen LogP contribution in [-0.4, -0.2) is 64.6 Å². The molecule has 3 aliphatic heterocycles. The summed E-state index contributed by atoms with van der Waals surface area (Å²) in [5.74, 6) is 2.11. The van der Waals surface area contributed by atoms with Crippen LogP contribution >= 0.6 is 0 Å². The van der Waals surface area contributed by atoms with E-state index in [1.807, 2.05) is 4.90 Å². The summed E-state index contributed by atoms with van der Waals surface area (Å²) in [6.07, 6.45) is 9.54. The molecule has 0 spiro atoms. The molecule has 1 saturated carbocycles. The van der Waals surface area contributed by atoms with E-state index in [9.17, 15) is 9.59 Å². The van der Waals surface area contributed by atoms with Crippen molar-refractivity contribution in [3.63, 3.8) is 0 Å². The van der Waals surface area contributed by atoms with Gasteiger partial charge < -0.3 is 14.6 Å². The maximum Gasteiger partial charge on any atom is 0.255 e. The Bertz CT molecular complexity index is 870. The molecule has 1 aromatic heterocycles. The molecule has 4 aliphatic rings. The second-order valence-electron chi connectivity index (χ2n) is 10.5. The van der Waals surface area contributed by atoms with Crippen LogP contribution in [0.3, 0.4) is 0 Å². The summed E-state index contributed by atoms with van der Waals surface area (Å²) in [5, 5.41) is 0. The molecule has 0 aromatic carbocycles. The third-order valence-corrected chi connectivity index (χ3v) is 8.31. The molecule has 1 aliphatic carbocycles. The van der Waals surface area contributed by atoms with Crippen molar-refractivity contribution in [3.8, 4) is 0 Å². The van der Waals surface area contributed by atoms with Gasteiger partial charge in [0.15, 0.2) is 0 Å². The minimum atomic E-state index is 0.0340. The largest absolute Gasteiger partial charge is 0.381 e. The highest BCUT2D eigenvalue weighted by Crippen LogP contribution is 2.31. The fraction of sp³-hybridized carbons (Fsp3) is 0.800. The lowest BCUT2D eigenvalue weighted by molar-refractivity contribution is -0.139. The number of rotatable bonds is 3. The van der Waals surface area contributed by atoms with Crippen molar-refractivity contribution in [2.75, 3.05) is 32.8 Å². The number of nitrogens with zero attached hydrogens (tertiary/aromatic N) is 3. The van der Waals surface area contributed by atoms with Gasteiger partial charge in [-0.1, -0.05) is 6.92 Å². The highest BCUT2D eigenvalue weighted by Gasteiger charge is 2.33. The number of aromatic amines is 1. The smallest absolute Gasteiger partial charge is 0.255 e. The van der Waals surface area contributed by atoms with Gasteiger partial charge in [0.05, 0.1) is 11.3 Å². The van der Waals surface area contributed by atoms with Crippen molar-refractivity contribution in [2.24, 2.45) is 11.8 Å². The Morgan fingerprint density at radius 1 is 1.06 bits per heavy atom. The van der Waals surface area contributed by atoms with Crippen LogP contribution in [0.2, 0.25) is 0 Å². The van der Waals surface area contributed by atoms with Gasteiger partial charge in [0.2, 0.25) is 5.91 Å². The monoisotopic (exact) mass is 442 g/mol. The Kier molecular flexibility index (Phi) is 6.65. The van der Waals surface area contributed by atoms with E-state index in [-0.39, 0.29) is 23.3 Å². The summed E-state index contributed by atoms with van der Waals surface area (Å²) >= 11 is 0. The quantitative estimate of drug-likeness (QED) is 0.779. The Hall–Kier alpha value is -1.73. The molecular weight excluding hydrogens is 404 g/mol. The number of amides is 1. The average Bonchev–Trinajstić information content (AvgIpc) is 2.84. The van der Waals surface area contributed by atoms with E-state index in [1.54, 1.807) is 0 Å². The molecule has 176 valence electrons. The maximum absolute atomic E-state index is 13.1. The van der Waals surface area contributed by atoms with Crippen LogP contribution in [0.25, 0.3) is 0 Å². The second-order valence-corrected chi connectivity index (χ2v) is 10.5. The highest BCUT2D eigenvalue weighted by molar-refractivity contribution is 5.79. The predicted octanol–water partition coefficient (Wildman–Crippen LogP) is 2.84. The first-order valence-corrected chi connectivity index (χ1v) is 12.8. The van der Waals surface area contributed by atoms with Gasteiger partial charge in [-0.05, 0) is 57.3 Å². The van der Waals surface area contributed by atoms with Crippen molar-refractivity contribution in [1.29, 1.82) is 0 Å². The van der Waals surface area contributed by atoms with Gasteiger partial charge in [-0.25, -0.2) is 4.98 Å². The second kappa shape index (κ2) is 9.64. The minimum absolute atomic E-state index is 0.0340. The van der Waals surface area contributed by atoms with Crippen molar-refractivity contribution >= 4 is 5.91 Å². The van der Waals surface area contributed by atoms with Gasteiger partial charge in [-0.3, -0.25) is 14.5 Å². The molecule has 3 fully saturated rings. The van der Waals surface area contributed by atoms with E-state index in [0.29, 0.717) is 25.8 Å². The van der Waals surface area contributed by atoms with Gasteiger partial charge >= 0.3 is 0 Å². The SMILES string of the molecule is CC1CCC(N2CCc3nc([C@@H]4CCCN(C(=O)C5CCOCC5)C4)[nH]c(=O)c3C2)CC1. The summed E-state index contributed by atoms with van der Waals surface area (Å²) < 4.78 is 5.42. The number of fused-ring (bicyclic) bond motifs is 1. The summed E-state index contributed by atoms with van der Waals surface area (Å²) in [6.45, 7) is 6.94. The van der Waals surface area contributed by atoms with E-state index in [1.165, 1.54) is 25.7 Å². The molecule has 1 aromatic rings. The molecular formula is C25H38N4O3. The topological polar surface area (TPSA) is 78.5 Å². The molecule has 32 heavy (non-hydrogen) atoms. The number of hydrogen-bond acceptors (Lipinski definition) is 5. The summed E-state index contributed by atoms with van der Waals surface area (Å²) in [6, 6.07) is 0.613. The zero-order valence-electron chi connectivity index (χ0n) is 19.5. The summed E-state index contributed by atoms with van der Waals surface area (Å²) in [5.41, 5.74) is 1.88. The molecule has 1 atom stereocenters. The molecule has 1 N–H and O–H groups in total. The molecule has 0 radical (unpaired) electrons. The van der Waals surface area contributed by atoms with E-state index in [0.717, 1.165) is 74.7 Å². The Balaban J connectivity index is 1.27. The van der Waals surface area contributed by atoms with Crippen molar-refractivity contribution in [3.05, 3.63) is 27.4 Å². The summed E-state index contributed by atoms with van der Waals surface area (Å²) in [4.78, 5) is 38.7. The lowest BCUT2D eigenvalue weighted by Gasteiger charge is -2.39. The lowest BCUT2D eigenvalue weighted by Crippen LogP contribution is -2.45. The fourth-order valence-electron chi connectivity index (χ4n) is 6.18. The Morgan fingerprint density at radius 2 is 1.84 bits per heavy atom. The number of carbonyl (C=O) groups excluding carboxylic acids is 1. The van der Waals surface area contributed by atoms with E-state index in [4.69, 9.17) is 9.72 Å². The number of hydrogen-bond donors (Lipinski definition) is 1. The number of aromatic nitrogens is 2.